The van der Waals surface area contributed by atoms with Gasteiger partial charge in [0.15, 0.2) is 0 Å². The van der Waals surface area contributed by atoms with Crippen LogP contribution in [0.2, 0.25) is 5.02 Å². The van der Waals surface area contributed by atoms with Crippen LogP contribution < -0.4 is 0 Å². The number of hydrogen-bond donors (Lipinski definition) is 1. The monoisotopic (exact) mass is 492 g/mol. The molecule has 0 bridgehead atoms. The Morgan fingerprint density at radius 3 is 2.65 bits per heavy atom. The maximum Gasteiger partial charge on any atom is 0.276 e. The van der Waals surface area contributed by atoms with Crippen molar-refractivity contribution in [3.05, 3.63) is 58.3 Å². The fraction of sp³-hybridized carbons (Fsp3) is 0.364. The summed E-state index contributed by atoms with van der Waals surface area (Å²) in [6.07, 6.45) is -2.12. The first-order valence-corrected chi connectivity index (χ1v) is 10.7. The van der Waals surface area contributed by atoms with Crippen molar-refractivity contribution >= 4 is 17.5 Å². The van der Waals surface area contributed by atoms with Gasteiger partial charge in [-0.1, -0.05) is 23.7 Å². The molecule has 3 heterocycles. The van der Waals surface area contributed by atoms with Crippen molar-refractivity contribution in [2.45, 2.75) is 31.5 Å². The number of amides is 1. The number of carbonyl (C=O) groups excluding carboxylic acids is 1. The van der Waals surface area contributed by atoms with Crippen LogP contribution in [-0.4, -0.2) is 54.9 Å². The number of imidazole rings is 1. The Balaban J connectivity index is 1.65. The zero-order valence-corrected chi connectivity index (χ0v) is 19.0. The Labute approximate surface area is 197 Å². The summed E-state index contributed by atoms with van der Waals surface area (Å²) in [6.45, 7) is 0.0501. The number of alkyl halides is 3. The molecule has 0 saturated heterocycles. The van der Waals surface area contributed by atoms with Gasteiger partial charge in [-0.15, -0.1) is 0 Å². The first-order valence-electron chi connectivity index (χ1n) is 10.3. The number of halogens is 4. The largest absolute Gasteiger partial charge is 0.374 e. The number of nitrogens with zero attached hydrogens (tertiary/aromatic N) is 6. The number of fused-ring (bicyclic) bond motifs is 1. The Morgan fingerprint density at radius 2 is 2.06 bits per heavy atom. The molecule has 1 N–H and O–H groups in total. The molecule has 8 nitrogen and oxygen atoms in total. The average molecular weight is 493 g/mol. The molecule has 4 rings (SSSR count). The van der Waals surface area contributed by atoms with Gasteiger partial charge < -0.3 is 14.6 Å². The van der Waals surface area contributed by atoms with Gasteiger partial charge in [0, 0.05) is 19.2 Å². The minimum atomic E-state index is -3.37. The van der Waals surface area contributed by atoms with Gasteiger partial charge in [-0.2, -0.15) is 10.4 Å². The third-order valence-electron chi connectivity index (χ3n) is 5.87. The van der Waals surface area contributed by atoms with E-state index in [0.717, 1.165) is 0 Å². The number of nitriles is 1. The van der Waals surface area contributed by atoms with E-state index in [-0.39, 0.29) is 23.8 Å². The van der Waals surface area contributed by atoms with E-state index in [2.05, 4.69) is 10.1 Å². The van der Waals surface area contributed by atoms with Gasteiger partial charge in [0.1, 0.15) is 23.9 Å². The van der Waals surface area contributed by atoms with Crippen molar-refractivity contribution in [3.8, 4) is 17.3 Å². The highest BCUT2D eigenvalue weighted by molar-refractivity contribution is 6.36. The standard InChI is InChI=1S/C22H20ClF3N6O2/c1-12-9-31(10-15-8-28-21(32(12)15)22(34,11-24)20(25)26)19(33)18-16(23)17(29-30(18)2)14-5-3-13(7-27)4-6-14/h3-6,8,12,20,34H,9-11H2,1-2H3. The molecule has 1 aliphatic heterocycles. The Bertz CT molecular complexity index is 1280. The van der Waals surface area contributed by atoms with Crippen molar-refractivity contribution in [1.29, 1.82) is 5.26 Å². The van der Waals surface area contributed by atoms with E-state index < -0.39 is 36.5 Å². The van der Waals surface area contributed by atoms with E-state index in [0.29, 0.717) is 22.5 Å². The molecule has 34 heavy (non-hydrogen) atoms. The highest BCUT2D eigenvalue weighted by atomic mass is 35.5. The minimum Gasteiger partial charge on any atom is -0.374 e. The van der Waals surface area contributed by atoms with E-state index in [4.69, 9.17) is 16.9 Å². The lowest BCUT2D eigenvalue weighted by Gasteiger charge is -2.35. The van der Waals surface area contributed by atoms with E-state index in [1.54, 1.807) is 38.2 Å². The van der Waals surface area contributed by atoms with Crippen LogP contribution in [0.3, 0.4) is 0 Å². The normalized spacial score (nSPS) is 17.4. The van der Waals surface area contributed by atoms with Crippen molar-refractivity contribution in [3.63, 3.8) is 0 Å². The molecule has 12 heteroatoms. The lowest BCUT2D eigenvalue weighted by atomic mass is 10.0. The van der Waals surface area contributed by atoms with Gasteiger partial charge in [0.25, 0.3) is 12.3 Å². The maximum atomic E-state index is 13.4. The van der Waals surface area contributed by atoms with E-state index >= 15 is 0 Å². The van der Waals surface area contributed by atoms with Crippen LogP contribution in [0.25, 0.3) is 11.3 Å². The van der Waals surface area contributed by atoms with Gasteiger partial charge in [-0.05, 0) is 19.1 Å². The lowest BCUT2D eigenvalue weighted by molar-refractivity contribution is -0.122. The molecule has 2 atom stereocenters. The third-order valence-corrected chi connectivity index (χ3v) is 6.23. The van der Waals surface area contributed by atoms with Crippen molar-refractivity contribution in [2.75, 3.05) is 13.2 Å². The van der Waals surface area contributed by atoms with Crippen LogP contribution in [0.5, 0.6) is 0 Å². The van der Waals surface area contributed by atoms with Crippen molar-refractivity contribution in [1.82, 2.24) is 24.2 Å². The number of carbonyl (C=O) groups is 1. The highest BCUT2D eigenvalue weighted by Gasteiger charge is 2.46. The molecular weight excluding hydrogens is 473 g/mol. The summed E-state index contributed by atoms with van der Waals surface area (Å²) in [5.74, 6) is -0.906. The molecule has 1 aromatic carbocycles. The molecule has 3 aromatic rings. The number of rotatable bonds is 5. The molecule has 0 spiro atoms. The van der Waals surface area contributed by atoms with Gasteiger partial charge in [-0.3, -0.25) is 9.48 Å². The summed E-state index contributed by atoms with van der Waals surface area (Å²) in [5, 5.41) is 23.6. The van der Waals surface area contributed by atoms with Crippen LogP contribution in [-0.2, 0) is 19.2 Å². The second kappa shape index (κ2) is 8.77. The summed E-state index contributed by atoms with van der Waals surface area (Å²) in [6, 6.07) is 8.05. The molecule has 2 unspecified atom stereocenters. The molecule has 0 aliphatic carbocycles. The predicted molar refractivity (Wildman–Crippen MR) is 116 cm³/mol. The molecule has 1 amide bonds. The minimum absolute atomic E-state index is 0.00448. The van der Waals surface area contributed by atoms with Crippen LogP contribution in [0.1, 0.15) is 40.5 Å². The van der Waals surface area contributed by atoms with Crippen molar-refractivity contribution < 1.29 is 23.1 Å². The van der Waals surface area contributed by atoms with E-state index in [1.165, 1.54) is 20.3 Å². The quantitative estimate of drug-likeness (QED) is 0.588. The van der Waals surface area contributed by atoms with Gasteiger partial charge >= 0.3 is 0 Å². The zero-order valence-electron chi connectivity index (χ0n) is 18.2. The predicted octanol–water partition coefficient (Wildman–Crippen LogP) is 3.45. The van der Waals surface area contributed by atoms with Gasteiger partial charge in [-0.25, -0.2) is 18.2 Å². The number of aliphatic hydroxyl groups is 1. The highest BCUT2D eigenvalue weighted by Crippen LogP contribution is 2.35. The zero-order chi connectivity index (χ0) is 24.8. The van der Waals surface area contributed by atoms with Gasteiger partial charge in [0.05, 0.1) is 41.1 Å². The third kappa shape index (κ3) is 3.73. The number of benzene rings is 1. The fourth-order valence-corrected chi connectivity index (χ4v) is 4.47. The lowest BCUT2D eigenvalue weighted by Crippen LogP contribution is -2.45. The fourth-order valence-electron chi connectivity index (χ4n) is 4.12. The van der Waals surface area contributed by atoms with Crippen LogP contribution >= 0.6 is 11.6 Å². The van der Waals surface area contributed by atoms with Crippen LogP contribution in [0.4, 0.5) is 13.2 Å². The number of aromatic nitrogens is 4. The van der Waals surface area contributed by atoms with Crippen molar-refractivity contribution in [2.24, 2.45) is 7.05 Å². The van der Waals surface area contributed by atoms with E-state index in [9.17, 15) is 23.1 Å². The maximum absolute atomic E-state index is 13.4. The topological polar surface area (TPSA) is 100.0 Å². The Morgan fingerprint density at radius 1 is 1.38 bits per heavy atom. The van der Waals surface area contributed by atoms with Crippen LogP contribution in [0, 0.1) is 11.3 Å². The molecule has 0 radical (unpaired) electrons. The summed E-state index contributed by atoms with van der Waals surface area (Å²) in [5.41, 5.74) is -1.04. The smallest absolute Gasteiger partial charge is 0.276 e. The average Bonchev–Trinajstić information content (AvgIpc) is 3.39. The van der Waals surface area contributed by atoms with Gasteiger partial charge in [0.2, 0.25) is 5.60 Å². The summed E-state index contributed by atoms with van der Waals surface area (Å²) < 4.78 is 42.9. The second-order valence-electron chi connectivity index (χ2n) is 8.16. The Hall–Kier alpha value is -3.36. The molecule has 178 valence electrons. The summed E-state index contributed by atoms with van der Waals surface area (Å²) >= 11 is 6.53. The Kier molecular flexibility index (Phi) is 6.14. The first-order chi connectivity index (χ1) is 16.1. The van der Waals surface area contributed by atoms with E-state index in [1.807, 2.05) is 6.07 Å². The van der Waals surface area contributed by atoms with Crippen LogP contribution in [0.15, 0.2) is 30.5 Å². The molecule has 2 aromatic heterocycles. The number of hydrogen-bond acceptors (Lipinski definition) is 5. The SMILES string of the molecule is CC1CN(C(=O)c2c(Cl)c(-c3ccc(C#N)cc3)nn2C)Cc2cnc(C(O)(CF)C(F)F)n21. The second-order valence-corrected chi connectivity index (χ2v) is 8.54. The summed E-state index contributed by atoms with van der Waals surface area (Å²) in [4.78, 5) is 18.7. The number of aryl methyl sites for hydroxylation is 1. The molecule has 0 fully saturated rings. The molecule has 1 aliphatic rings. The summed E-state index contributed by atoms with van der Waals surface area (Å²) in [7, 11) is 1.58. The first kappa shape index (κ1) is 23.8. The molecular formula is C22H20ClF3N6O2. The molecule has 0 saturated carbocycles.